The molecule has 0 N–H and O–H groups in total. The van der Waals surface area contributed by atoms with Gasteiger partial charge in [-0.3, -0.25) is 9.10 Å². The van der Waals surface area contributed by atoms with Crippen LogP contribution in [-0.2, 0) is 16.4 Å². The molecule has 35 heavy (non-hydrogen) atoms. The van der Waals surface area contributed by atoms with Gasteiger partial charge in [0.05, 0.1) is 27.0 Å². The van der Waals surface area contributed by atoms with Crippen LogP contribution < -0.4 is 9.04 Å². The van der Waals surface area contributed by atoms with Crippen molar-refractivity contribution >= 4 is 56.3 Å². The van der Waals surface area contributed by atoms with Gasteiger partial charge >= 0.3 is 0 Å². The average molecular weight is 555 g/mol. The fraction of sp³-hybridized carbons (Fsp3) is 0.250. The van der Waals surface area contributed by atoms with Crippen LogP contribution in [-0.4, -0.2) is 57.4 Å². The lowest BCUT2D eigenvalue weighted by Crippen LogP contribution is -2.47. The number of ether oxygens (including phenoxy) is 1. The quantitative estimate of drug-likeness (QED) is 0.383. The van der Waals surface area contributed by atoms with E-state index >= 15 is 0 Å². The highest BCUT2D eigenvalue weighted by molar-refractivity contribution is 7.92. The third-order valence-corrected chi connectivity index (χ3v) is 8.01. The Morgan fingerprint density at radius 3 is 2.46 bits per heavy atom. The summed E-state index contributed by atoms with van der Waals surface area (Å²) in [5.74, 6) is -0.144. The van der Waals surface area contributed by atoms with Crippen LogP contribution in [0.4, 0.5) is 5.69 Å². The van der Waals surface area contributed by atoms with E-state index in [1.165, 1.54) is 22.6 Å². The number of rotatable bonds is 7. The zero-order valence-corrected chi connectivity index (χ0v) is 22.0. The maximum atomic E-state index is 13.6. The van der Waals surface area contributed by atoms with Crippen LogP contribution in [0.1, 0.15) is 15.9 Å². The van der Waals surface area contributed by atoms with Crippen molar-refractivity contribution in [2.75, 3.05) is 31.5 Å². The van der Waals surface area contributed by atoms with Crippen LogP contribution in [0, 0.1) is 0 Å². The van der Waals surface area contributed by atoms with Crippen molar-refractivity contribution in [2.45, 2.75) is 17.4 Å². The van der Waals surface area contributed by atoms with E-state index in [9.17, 15) is 13.2 Å². The molecule has 0 saturated carbocycles. The second-order valence-electron chi connectivity index (χ2n) is 8.36. The third-order valence-electron chi connectivity index (χ3n) is 5.36. The Morgan fingerprint density at radius 2 is 1.80 bits per heavy atom. The highest BCUT2D eigenvalue weighted by Crippen LogP contribution is 2.37. The van der Waals surface area contributed by atoms with Crippen LogP contribution >= 0.6 is 34.8 Å². The molecule has 2 heterocycles. The van der Waals surface area contributed by atoms with E-state index < -0.39 is 16.1 Å². The molecule has 1 aromatic heterocycles. The summed E-state index contributed by atoms with van der Waals surface area (Å²) < 4.78 is 34.6. The topological polar surface area (TPSA) is 79.8 Å². The van der Waals surface area contributed by atoms with E-state index in [2.05, 4.69) is 4.98 Å². The van der Waals surface area contributed by atoms with Crippen molar-refractivity contribution in [1.82, 2.24) is 9.88 Å². The molecule has 3 aromatic rings. The Hall–Kier alpha value is -2.36. The van der Waals surface area contributed by atoms with Crippen molar-refractivity contribution in [3.8, 4) is 5.88 Å². The van der Waals surface area contributed by atoms with Crippen molar-refractivity contribution in [3.05, 3.63) is 80.9 Å². The van der Waals surface area contributed by atoms with E-state index in [1.807, 2.05) is 19.0 Å². The maximum Gasteiger partial charge on any atom is 0.264 e. The Kier molecular flexibility index (Phi) is 7.59. The summed E-state index contributed by atoms with van der Waals surface area (Å²) in [4.78, 5) is 19.3. The van der Waals surface area contributed by atoms with Crippen molar-refractivity contribution in [1.29, 1.82) is 0 Å². The van der Waals surface area contributed by atoms with Crippen LogP contribution in [0.3, 0.4) is 0 Å². The number of fused-ring (bicyclic) bond motifs is 1. The molecule has 11 heteroatoms. The Bertz CT molecular complexity index is 1360. The van der Waals surface area contributed by atoms with E-state index in [0.717, 1.165) is 0 Å². The average Bonchev–Trinajstić information content (AvgIpc) is 2.78. The summed E-state index contributed by atoms with van der Waals surface area (Å²) in [7, 11) is -0.251. The molecule has 0 aliphatic carbocycles. The second kappa shape index (κ2) is 10.3. The number of pyridine rings is 1. The lowest BCUT2D eigenvalue weighted by Gasteiger charge is -2.35. The number of Topliss-reactive ketones (excluding diaryl/α,β-unsaturated/α-hetero) is 1. The largest absolute Gasteiger partial charge is 0.470 e. The van der Waals surface area contributed by atoms with Gasteiger partial charge in [0.2, 0.25) is 5.88 Å². The third kappa shape index (κ3) is 5.57. The molecule has 0 radical (unpaired) electrons. The minimum Gasteiger partial charge on any atom is -0.470 e. The van der Waals surface area contributed by atoms with Crippen molar-refractivity contribution in [2.24, 2.45) is 0 Å². The highest BCUT2D eigenvalue weighted by Gasteiger charge is 2.36. The Morgan fingerprint density at radius 1 is 1.11 bits per heavy atom. The number of aromatic nitrogens is 1. The smallest absolute Gasteiger partial charge is 0.264 e. The molecular weight excluding hydrogens is 533 g/mol. The first-order valence-electron chi connectivity index (χ1n) is 10.6. The number of sulfonamides is 1. The number of anilines is 1. The van der Waals surface area contributed by atoms with Crippen LogP contribution in [0.25, 0.3) is 0 Å². The summed E-state index contributed by atoms with van der Waals surface area (Å²) in [6.45, 7) is 0.545. The predicted molar refractivity (Wildman–Crippen MR) is 138 cm³/mol. The standard InChI is InChI=1S/C24H22Cl3N3O4S/c1-29(2)13-17-14-30(35(32,33)18-6-3-5-16(25)11-18)21-9-15(12-28-24(21)34-17)10-22(31)23-19(26)7-4-8-20(23)27/h3-9,11-12,17H,10,13-14H2,1-2H3/t17-/m0/s1. The van der Waals surface area contributed by atoms with Gasteiger partial charge in [0.1, 0.15) is 11.8 Å². The van der Waals surface area contributed by atoms with Gasteiger partial charge in [-0.15, -0.1) is 0 Å². The number of benzene rings is 2. The molecule has 0 bridgehead atoms. The monoisotopic (exact) mass is 553 g/mol. The molecular formula is C24H22Cl3N3O4S. The molecule has 0 unspecified atom stereocenters. The number of carbonyl (C=O) groups is 1. The summed E-state index contributed by atoms with van der Waals surface area (Å²) in [6.07, 6.45) is 0.966. The molecule has 1 atom stereocenters. The minimum atomic E-state index is -3.99. The van der Waals surface area contributed by atoms with Gasteiger partial charge in [-0.05, 0) is 56.1 Å². The SMILES string of the molecule is CN(C)C[C@H]1CN(S(=O)(=O)c2cccc(Cl)c2)c2cc(CC(=O)c3c(Cl)cccc3Cl)cnc2O1. The molecule has 7 nitrogen and oxygen atoms in total. The number of halogens is 3. The van der Waals surface area contributed by atoms with Gasteiger partial charge in [-0.25, -0.2) is 13.4 Å². The first-order chi connectivity index (χ1) is 16.6. The first kappa shape index (κ1) is 25.7. The van der Waals surface area contributed by atoms with Crippen LogP contribution in [0.5, 0.6) is 5.88 Å². The summed E-state index contributed by atoms with van der Waals surface area (Å²) in [5.41, 5.74) is 0.945. The van der Waals surface area contributed by atoms with Gasteiger partial charge in [-0.1, -0.05) is 46.9 Å². The summed E-state index contributed by atoms with van der Waals surface area (Å²) in [6, 6.07) is 12.5. The number of hydrogen-bond acceptors (Lipinski definition) is 6. The van der Waals surface area contributed by atoms with Crippen molar-refractivity contribution < 1.29 is 17.9 Å². The molecule has 0 fully saturated rings. The number of likely N-dealkylation sites (N-methyl/N-ethyl adjacent to an activating group) is 1. The molecule has 4 rings (SSSR count). The van der Waals surface area contributed by atoms with Gasteiger partial charge < -0.3 is 9.64 Å². The summed E-state index contributed by atoms with van der Waals surface area (Å²) in [5, 5.41) is 0.792. The molecule has 184 valence electrons. The molecule has 1 aliphatic rings. The molecule has 0 amide bonds. The molecule has 0 spiro atoms. The number of ketones is 1. The predicted octanol–water partition coefficient (Wildman–Crippen LogP) is 4.99. The van der Waals surface area contributed by atoms with Crippen LogP contribution in [0.2, 0.25) is 15.1 Å². The second-order valence-corrected chi connectivity index (χ2v) is 11.5. The Labute approximate surface area is 219 Å². The van der Waals surface area contributed by atoms with Gasteiger partial charge in [0, 0.05) is 24.2 Å². The van der Waals surface area contributed by atoms with Crippen molar-refractivity contribution in [3.63, 3.8) is 0 Å². The van der Waals surface area contributed by atoms with Gasteiger partial charge in [-0.2, -0.15) is 0 Å². The molecule has 0 saturated heterocycles. The fourth-order valence-corrected chi connectivity index (χ4v) is 6.25. The number of hydrogen-bond donors (Lipinski definition) is 0. The van der Waals surface area contributed by atoms with E-state index in [0.29, 0.717) is 17.1 Å². The molecule has 2 aromatic carbocycles. The van der Waals surface area contributed by atoms with Crippen LogP contribution in [0.15, 0.2) is 59.6 Å². The number of carbonyl (C=O) groups excluding carboxylic acids is 1. The zero-order chi connectivity index (χ0) is 25.3. The summed E-state index contributed by atoms with van der Waals surface area (Å²) >= 11 is 18.4. The lowest BCUT2D eigenvalue weighted by molar-refractivity contribution is 0.0993. The minimum absolute atomic E-state index is 0.0470. The zero-order valence-electron chi connectivity index (χ0n) is 18.9. The lowest BCUT2D eigenvalue weighted by atomic mass is 10.0. The van der Waals surface area contributed by atoms with E-state index in [-0.39, 0.29) is 50.8 Å². The maximum absolute atomic E-state index is 13.6. The highest BCUT2D eigenvalue weighted by atomic mass is 35.5. The molecule has 1 aliphatic heterocycles. The van der Waals surface area contributed by atoms with E-state index in [4.69, 9.17) is 39.5 Å². The first-order valence-corrected chi connectivity index (χ1v) is 13.2. The van der Waals surface area contributed by atoms with Gasteiger partial charge in [0.15, 0.2) is 5.78 Å². The Balaban J connectivity index is 1.73. The van der Waals surface area contributed by atoms with Gasteiger partial charge in [0.25, 0.3) is 10.0 Å². The normalized spacial score (nSPS) is 15.6. The number of nitrogens with zero attached hydrogens (tertiary/aromatic N) is 3. The van der Waals surface area contributed by atoms with E-state index in [1.54, 1.807) is 36.4 Å². The fourth-order valence-electron chi connectivity index (χ4n) is 3.85.